The van der Waals surface area contributed by atoms with Crippen LogP contribution in [-0.2, 0) is 11.3 Å². The maximum Gasteiger partial charge on any atom is 0.138 e. The van der Waals surface area contributed by atoms with Crippen molar-refractivity contribution in [3.8, 4) is 5.69 Å². The van der Waals surface area contributed by atoms with Gasteiger partial charge in [0.1, 0.15) is 12.7 Å². The number of ether oxygens (including phenoxy) is 1. The molecule has 1 aliphatic rings. The van der Waals surface area contributed by atoms with Gasteiger partial charge in [0.2, 0.25) is 0 Å². The SMILES string of the molecule is Cc1cc(CNC[C@@H]2CCCOC2)ccc1-n1cncn1. The van der Waals surface area contributed by atoms with E-state index in [1.807, 2.05) is 0 Å². The van der Waals surface area contributed by atoms with Crippen LogP contribution in [0.3, 0.4) is 0 Å². The van der Waals surface area contributed by atoms with E-state index in [9.17, 15) is 0 Å². The van der Waals surface area contributed by atoms with Gasteiger partial charge in [-0.3, -0.25) is 0 Å². The van der Waals surface area contributed by atoms with E-state index >= 15 is 0 Å². The molecule has 1 N–H and O–H groups in total. The highest BCUT2D eigenvalue weighted by Crippen LogP contribution is 2.15. The summed E-state index contributed by atoms with van der Waals surface area (Å²) in [6, 6.07) is 6.46. The van der Waals surface area contributed by atoms with Gasteiger partial charge in [0, 0.05) is 19.7 Å². The van der Waals surface area contributed by atoms with Gasteiger partial charge in [-0.2, -0.15) is 5.10 Å². The topological polar surface area (TPSA) is 52.0 Å². The highest BCUT2D eigenvalue weighted by Gasteiger charge is 2.13. The monoisotopic (exact) mass is 286 g/mol. The van der Waals surface area contributed by atoms with Gasteiger partial charge in [0.15, 0.2) is 0 Å². The normalized spacial score (nSPS) is 18.8. The number of hydrogen-bond donors (Lipinski definition) is 1. The zero-order valence-electron chi connectivity index (χ0n) is 12.5. The first-order valence-electron chi connectivity index (χ1n) is 7.56. The van der Waals surface area contributed by atoms with Crippen molar-refractivity contribution >= 4 is 0 Å². The lowest BCUT2D eigenvalue weighted by atomic mass is 10.0. The predicted molar refractivity (Wildman–Crippen MR) is 81.3 cm³/mol. The van der Waals surface area contributed by atoms with Crippen LogP contribution in [0.2, 0.25) is 0 Å². The summed E-state index contributed by atoms with van der Waals surface area (Å²) in [5.74, 6) is 0.661. The highest BCUT2D eigenvalue weighted by atomic mass is 16.5. The molecule has 1 fully saturated rings. The molecule has 0 amide bonds. The maximum atomic E-state index is 5.51. The number of nitrogens with zero attached hydrogens (tertiary/aromatic N) is 3. The fourth-order valence-corrected chi connectivity index (χ4v) is 2.81. The van der Waals surface area contributed by atoms with Gasteiger partial charge in [-0.25, -0.2) is 9.67 Å². The zero-order valence-corrected chi connectivity index (χ0v) is 12.5. The molecule has 0 saturated carbocycles. The van der Waals surface area contributed by atoms with Crippen LogP contribution in [-0.4, -0.2) is 34.5 Å². The van der Waals surface area contributed by atoms with Crippen molar-refractivity contribution in [1.29, 1.82) is 0 Å². The summed E-state index contributed by atoms with van der Waals surface area (Å²) in [4.78, 5) is 3.99. The van der Waals surface area contributed by atoms with Gasteiger partial charge in [-0.15, -0.1) is 0 Å². The van der Waals surface area contributed by atoms with Gasteiger partial charge >= 0.3 is 0 Å². The summed E-state index contributed by atoms with van der Waals surface area (Å²) in [5.41, 5.74) is 3.59. The fraction of sp³-hybridized carbons (Fsp3) is 0.500. The van der Waals surface area contributed by atoms with Crippen molar-refractivity contribution in [2.45, 2.75) is 26.3 Å². The molecule has 1 saturated heterocycles. The largest absolute Gasteiger partial charge is 0.381 e. The Hall–Kier alpha value is -1.72. The number of hydrogen-bond acceptors (Lipinski definition) is 4. The van der Waals surface area contributed by atoms with E-state index in [0.29, 0.717) is 5.92 Å². The van der Waals surface area contributed by atoms with Crippen molar-refractivity contribution in [1.82, 2.24) is 20.1 Å². The molecule has 0 radical (unpaired) electrons. The van der Waals surface area contributed by atoms with E-state index < -0.39 is 0 Å². The summed E-state index contributed by atoms with van der Waals surface area (Å²) in [6.45, 7) is 5.87. The van der Waals surface area contributed by atoms with E-state index in [4.69, 9.17) is 4.74 Å². The van der Waals surface area contributed by atoms with Crippen molar-refractivity contribution in [2.75, 3.05) is 19.8 Å². The van der Waals surface area contributed by atoms with Crippen LogP contribution >= 0.6 is 0 Å². The molecule has 1 aromatic carbocycles. The summed E-state index contributed by atoms with van der Waals surface area (Å²) in [7, 11) is 0. The Morgan fingerprint density at radius 3 is 3.10 bits per heavy atom. The van der Waals surface area contributed by atoms with Gasteiger partial charge in [-0.05, 0) is 42.9 Å². The Kier molecular flexibility index (Phi) is 4.62. The lowest BCUT2D eigenvalue weighted by molar-refractivity contribution is 0.0547. The number of nitrogens with one attached hydrogen (secondary N) is 1. The first kappa shape index (κ1) is 14.2. The molecule has 5 nitrogen and oxygen atoms in total. The zero-order chi connectivity index (χ0) is 14.5. The molecule has 2 aromatic rings. The molecule has 21 heavy (non-hydrogen) atoms. The van der Waals surface area contributed by atoms with Crippen molar-refractivity contribution in [2.24, 2.45) is 5.92 Å². The minimum Gasteiger partial charge on any atom is -0.381 e. The van der Waals surface area contributed by atoms with E-state index in [1.54, 1.807) is 17.3 Å². The highest BCUT2D eigenvalue weighted by molar-refractivity contribution is 5.41. The van der Waals surface area contributed by atoms with Crippen molar-refractivity contribution < 1.29 is 4.74 Å². The second-order valence-electron chi connectivity index (χ2n) is 5.67. The molecule has 5 heteroatoms. The van der Waals surface area contributed by atoms with E-state index in [2.05, 4.69) is 40.5 Å². The standard InChI is InChI=1S/C16H22N4O/c1-13-7-14(4-5-16(13)20-12-18-11-19-20)8-17-9-15-3-2-6-21-10-15/h4-5,7,11-12,15,17H,2-3,6,8-10H2,1H3/t15-/m0/s1. The average molecular weight is 286 g/mol. The first-order valence-corrected chi connectivity index (χ1v) is 7.56. The minimum absolute atomic E-state index is 0.661. The smallest absolute Gasteiger partial charge is 0.138 e. The first-order chi connectivity index (χ1) is 10.3. The Morgan fingerprint density at radius 1 is 1.43 bits per heavy atom. The lowest BCUT2D eigenvalue weighted by Crippen LogP contribution is -2.28. The van der Waals surface area contributed by atoms with Gasteiger partial charge < -0.3 is 10.1 Å². The summed E-state index contributed by atoms with van der Waals surface area (Å²) in [6.07, 6.45) is 5.75. The molecule has 0 unspecified atom stereocenters. The van der Waals surface area contributed by atoms with Gasteiger partial charge in [0.05, 0.1) is 12.3 Å². The van der Waals surface area contributed by atoms with Crippen LogP contribution in [0.1, 0.15) is 24.0 Å². The fourth-order valence-electron chi connectivity index (χ4n) is 2.81. The Labute approximate surface area is 125 Å². The molecular formula is C16H22N4O. The molecular weight excluding hydrogens is 264 g/mol. The second kappa shape index (κ2) is 6.83. The molecule has 112 valence electrons. The van der Waals surface area contributed by atoms with Crippen LogP contribution in [0.25, 0.3) is 5.69 Å². The van der Waals surface area contributed by atoms with Crippen LogP contribution in [0.4, 0.5) is 0 Å². The third kappa shape index (κ3) is 3.68. The van der Waals surface area contributed by atoms with Gasteiger partial charge in [0.25, 0.3) is 0 Å². The number of aryl methyl sites for hydroxylation is 1. The van der Waals surface area contributed by atoms with Crippen LogP contribution in [0.5, 0.6) is 0 Å². The molecule has 3 rings (SSSR count). The van der Waals surface area contributed by atoms with Crippen LogP contribution in [0.15, 0.2) is 30.9 Å². The van der Waals surface area contributed by atoms with E-state index in [-0.39, 0.29) is 0 Å². The summed E-state index contributed by atoms with van der Waals surface area (Å²) in [5, 5.41) is 7.71. The molecule has 1 atom stereocenters. The Morgan fingerprint density at radius 2 is 2.38 bits per heavy atom. The van der Waals surface area contributed by atoms with Gasteiger partial charge in [-0.1, -0.05) is 12.1 Å². The molecule has 2 heterocycles. The van der Waals surface area contributed by atoms with Crippen LogP contribution < -0.4 is 5.32 Å². The Balaban J connectivity index is 1.55. The minimum atomic E-state index is 0.661. The molecule has 0 spiro atoms. The van der Waals surface area contributed by atoms with Crippen molar-refractivity contribution in [3.63, 3.8) is 0 Å². The quantitative estimate of drug-likeness (QED) is 0.914. The average Bonchev–Trinajstić information content (AvgIpc) is 3.02. The summed E-state index contributed by atoms with van der Waals surface area (Å²) < 4.78 is 7.30. The van der Waals surface area contributed by atoms with Crippen LogP contribution in [0, 0.1) is 12.8 Å². The third-order valence-electron chi connectivity index (χ3n) is 3.94. The molecule has 1 aliphatic heterocycles. The number of benzene rings is 1. The number of aromatic nitrogens is 3. The predicted octanol–water partition coefficient (Wildman–Crippen LogP) is 2.09. The van der Waals surface area contributed by atoms with Crippen molar-refractivity contribution in [3.05, 3.63) is 42.0 Å². The van der Waals surface area contributed by atoms with E-state index in [0.717, 1.165) is 32.0 Å². The van der Waals surface area contributed by atoms with E-state index in [1.165, 1.54) is 24.0 Å². The summed E-state index contributed by atoms with van der Waals surface area (Å²) >= 11 is 0. The third-order valence-corrected chi connectivity index (χ3v) is 3.94. The number of rotatable bonds is 5. The lowest BCUT2D eigenvalue weighted by Gasteiger charge is -2.22. The Bertz CT molecular complexity index is 562. The second-order valence-corrected chi connectivity index (χ2v) is 5.67. The molecule has 0 bridgehead atoms. The molecule has 1 aromatic heterocycles. The maximum absolute atomic E-state index is 5.51. The molecule has 0 aliphatic carbocycles.